The molecule has 0 fully saturated rings. The molecule has 8 heteroatoms. The molecule has 0 radical (unpaired) electrons. The van der Waals surface area contributed by atoms with E-state index in [-0.39, 0.29) is 6.10 Å². The first-order valence-corrected chi connectivity index (χ1v) is 7.42. The topological polar surface area (TPSA) is 64.4 Å². The number of ether oxygens (including phenoxy) is 2. The zero-order chi connectivity index (χ0) is 15.4. The molecule has 1 aromatic carbocycles. The van der Waals surface area contributed by atoms with Crippen LogP contribution in [0.2, 0.25) is 0 Å². The average Bonchev–Trinajstić information content (AvgIpc) is 2.84. The highest BCUT2D eigenvalue weighted by molar-refractivity contribution is 9.10. The van der Waals surface area contributed by atoms with Crippen LogP contribution in [-0.4, -0.2) is 34.3 Å². The highest BCUT2D eigenvalue weighted by Crippen LogP contribution is 2.36. The van der Waals surface area contributed by atoms with Gasteiger partial charge in [-0.2, -0.15) is 14.9 Å². The highest BCUT2D eigenvalue weighted by atomic mass is 79.9. The molecule has 1 N–H and O–H groups in total. The number of hydrogen-bond acceptors (Lipinski definition) is 5. The molecule has 21 heavy (non-hydrogen) atoms. The van der Waals surface area contributed by atoms with E-state index in [1.165, 1.54) is 11.0 Å². The number of aromatic nitrogens is 3. The molecule has 0 aliphatic heterocycles. The van der Waals surface area contributed by atoms with Crippen LogP contribution in [0.1, 0.15) is 19.4 Å². The van der Waals surface area contributed by atoms with Gasteiger partial charge in [-0.25, -0.2) is 0 Å². The summed E-state index contributed by atoms with van der Waals surface area (Å²) in [7, 11) is 1.60. The number of nitrogens with one attached hydrogen (secondary N) is 1. The third-order valence-electron chi connectivity index (χ3n) is 2.47. The van der Waals surface area contributed by atoms with E-state index in [0.717, 1.165) is 10.0 Å². The standard InChI is InChI=1S/C13H15BrN4O2S/c1-8(2)20-12-10(14)4-9(5-11(12)19-3)6-16-18-7-15-17-13(18)21/h4-8H,1-3H3,(H,17,21)/b16-6-. The fourth-order valence-electron chi connectivity index (χ4n) is 1.62. The molecule has 0 saturated heterocycles. The molecule has 2 rings (SSSR count). The van der Waals surface area contributed by atoms with Crippen LogP contribution in [0.4, 0.5) is 0 Å². The number of nitrogens with zero attached hydrogens (tertiary/aromatic N) is 3. The van der Waals surface area contributed by atoms with Crippen molar-refractivity contribution in [3.63, 3.8) is 0 Å². The SMILES string of the molecule is COc1cc(/C=N\n2cn[nH]c2=S)cc(Br)c1OC(C)C. The van der Waals surface area contributed by atoms with Gasteiger partial charge in [-0.3, -0.25) is 5.10 Å². The van der Waals surface area contributed by atoms with E-state index in [4.69, 9.17) is 21.7 Å². The maximum atomic E-state index is 5.74. The Balaban J connectivity index is 2.34. The number of rotatable bonds is 5. The molecule has 6 nitrogen and oxygen atoms in total. The van der Waals surface area contributed by atoms with Crippen molar-refractivity contribution in [2.75, 3.05) is 7.11 Å². The molecule has 0 amide bonds. The molecule has 0 saturated carbocycles. The van der Waals surface area contributed by atoms with Crippen LogP contribution >= 0.6 is 28.1 Å². The van der Waals surface area contributed by atoms with E-state index < -0.39 is 0 Å². The summed E-state index contributed by atoms with van der Waals surface area (Å²) in [5.41, 5.74) is 0.845. The number of methoxy groups -OCH3 is 1. The molecule has 0 spiro atoms. The Kier molecular flexibility index (Phi) is 5.13. The number of aromatic amines is 1. The second-order valence-electron chi connectivity index (χ2n) is 4.45. The van der Waals surface area contributed by atoms with Gasteiger partial charge in [0.1, 0.15) is 6.33 Å². The summed E-state index contributed by atoms with van der Waals surface area (Å²) >= 11 is 8.51. The number of benzene rings is 1. The minimum Gasteiger partial charge on any atom is -0.493 e. The first kappa shape index (κ1) is 15.7. The molecule has 2 aromatic rings. The monoisotopic (exact) mass is 370 g/mol. The van der Waals surface area contributed by atoms with E-state index in [2.05, 4.69) is 31.2 Å². The summed E-state index contributed by atoms with van der Waals surface area (Å²) in [4.78, 5) is 0. The average molecular weight is 371 g/mol. The molecular weight excluding hydrogens is 356 g/mol. The zero-order valence-electron chi connectivity index (χ0n) is 11.8. The van der Waals surface area contributed by atoms with Crippen LogP contribution in [0.25, 0.3) is 0 Å². The normalized spacial score (nSPS) is 11.3. The lowest BCUT2D eigenvalue weighted by atomic mass is 10.2. The second-order valence-corrected chi connectivity index (χ2v) is 5.69. The number of hydrogen-bond donors (Lipinski definition) is 1. The van der Waals surface area contributed by atoms with E-state index in [1.807, 2.05) is 26.0 Å². The van der Waals surface area contributed by atoms with Crippen molar-refractivity contribution < 1.29 is 9.47 Å². The van der Waals surface area contributed by atoms with Gasteiger partial charge in [-0.05, 0) is 59.7 Å². The lowest BCUT2D eigenvalue weighted by Gasteiger charge is -2.15. The fourth-order valence-corrected chi connectivity index (χ4v) is 2.32. The first-order valence-electron chi connectivity index (χ1n) is 6.22. The lowest BCUT2D eigenvalue weighted by Crippen LogP contribution is -2.07. The molecule has 1 aromatic heterocycles. The Morgan fingerprint density at radius 3 is 2.81 bits per heavy atom. The molecule has 0 aliphatic rings. The number of halogens is 1. The van der Waals surface area contributed by atoms with Crippen LogP contribution in [0.15, 0.2) is 28.0 Å². The van der Waals surface area contributed by atoms with E-state index in [9.17, 15) is 0 Å². The summed E-state index contributed by atoms with van der Waals surface area (Å²) in [6.45, 7) is 3.92. The minimum absolute atomic E-state index is 0.0546. The van der Waals surface area contributed by atoms with Crippen molar-refractivity contribution in [3.05, 3.63) is 33.3 Å². The van der Waals surface area contributed by atoms with Gasteiger partial charge in [-0.15, -0.1) is 0 Å². The van der Waals surface area contributed by atoms with Crippen molar-refractivity contribution in [2.24, 2.45) is 5.10 Å². The summed E-state index contributed by atoms with van der Waals surface area (Å²) in [6, 6.07) is 3.74. The van der Waals surface area contributed by atoms with Crippen LogP contribution in [-0.2, 0) is 0 Å². The highest BCUT2D eigenvalue weighted by Gasteiger charge is 2.12. The van der Waals surface area contributed by atoms with Gasteiger partial charge >= 0.3 is 0 Å². The van der Waals surface area contributed by atoms with Crippen molar-refractivity contribution in [2.45, 2.75) is 20.0 Å². The summed E-state index contributed by atoms with van der Waals surface area (Å²) < 4.78 is 13.8. The lowest BCUT2D eigenvalue weighted by molar-refractivity contribution is 0.228. The van der Waals surface area contributed by atoms with Crippen molar-refractivity contribution in [1.82, 2.24) is 14.9 Å². The van der Waals surface area contributed by atoms with E-state index in [0.29, 0.717) is 16.3 Å². The van der Waals surface area contributed by atoms with Gasteiger partial charge in [-0.1, -0.05) is 0 Å². The van der Waals surface area contributed by atoms with Crippen molar-refractivity contribution in [1.29, 1.82) is 0 Å². The van der Waals surface area contributed by atoms with Gasteiger partial charge in [0.2, 0.25) is 4.77 Å². The molecule has 0 bridgehead atoms. The van der Waals surface area contributed by atoms with Gasteiger partial charge in [0, 0.05) is 0 Å². The molecule has 0 unspecified atom stereocenters. The van der Waals surface area contributed by atoms with E-state index in [1.54, 1.807) is 13.3 Å². The van der Waals surface area contributed by atoms with Gasteiger partial charge < -0.3 is 9.47 Å². The summed E-state index contributed by atoms with van der Waals surface area (Å²) in [5.74, 6) is 1.31. The number of H-pyrrole nitrogens is 1. The maximum Gasteiger partial charge on any atom is 0.216 e. The Hall–Kier alpha value is -1.67. The smallest absolute Gasteiger partial charge is 0.216 e. The molecule has 112 valence electrons. The molecule has 1 heterocycles. The predicted molar refractivity (Wildman–Crippen MR) is 86.9 cm³/mol. The summed E-state index contributed by atoms with van der Waals surface area (Å²) in [5, 5.41) is 10.6. The Morgan fingerprint density at radius 2 is 2.24 bits per heavy atom. The van der Waals surface area contributed by atoms with E-state index >= 15 is 0 Å². The Labute approximate surface area is 135 Å². The molecule has 0 atom stereocenters. The first-order chi connectivity index (χ1) is 10.0. The van der Waals surface area contributed by atoms with Crippen molar-refractivity contribution >= 4 is 34.4 Å². The molecular formula is C13H15BrN4O2S. The quantitative estimate of drug-likeness (QED) is 0.647. The van der Waals surface area contributed by atoms with Gasteiger partial charge in [0.25, 0.3) is 0 Å². The van der Waals surface area contributed by atoms with Crippen LogP contribution < -0.4 is 9.47 Å². The van der Waals surface area contributed by atoms with Gasteiger partial charge in [0.05, 0.1) is 23.9 Å². The third kappa shape index (κ3) is 3.92. The predicted octanol–water partition coefficient (Wildman–Crippen LogP) is 3.38. The molecule has 0 aliphatic carbocycles. The van der Waals surface area contributed by atoms with Crippen LogP contribution in [0, 0.1) is 4.77 Å². The van der Waals surface area contributed by atoms with Crippen molar-refractivity contribution in [3.8, 4) is 11.5 Å². The Bertz CT molecular complexity index is 708. The fraction of sp³-hybridized carbons (Fsp3) is 0.308. The zero-order valence-corrected chi connectivity index (χ0v) is 14.2. The van der Waals surface area contributed by atoms with Crippen LogP contribution in [0.5, 0.6) is 11.5 Å². The van der Waals surface area contributed by atoms with Gasteiger partial charge in [0.15, 0.2) is 11.5 Å². The largest absolute Gasteiger partial charge is 0.493 e. The second kappa shape index (κ2) is 6.86. The Morgan fingerprint density at radius 1 is 1.48 bits per heavy atom. The third-order valence-corrected chi connectivity index (χ3v) is 3.34. The maximum absolute atomic E-state index is 5.74. The van der Waals surface area contributed by atoms with Crippen LogP contribution in [0.3, 0.4) is 0 Å². The minimum atomic E-state index is 0.0546. The summed E-state index contributed by atoms with van der Waals surface area (Å²) in [6.07, 6.45) is 3.22.